The Labute approximate surface area is 116 Å². The van der Waals surface area contributed by atoms with E-state index < -0.39 is 11.7 Å². The third kappa shape index (κ3) is 3.61. The molecule has 104 valence electrons. The molecule has 0 saturated carbocycles. The quantitative estimate of drug-likeness (QED) is 0.876. The van der Waals surface area contributed by atoms with Crippen molar-refractivity contribution >= 4 is 5.91 Å². The first-order chi connectivity index (χ1) is 9.68. The number of pyridine rings is 1. The summed E-state index contributed by atoms with van der Waals surface area (Å²) < 4.78 is 13.3. The van der Waals surface area contributed by atoms with Crippen LogP contribution in [0.4, 0.5) is 4.39 Å². The van der Waals surface area contributed by atoms with Crippen LogP contribution in [0, 0.1) is 5.82 Å². The molecule has 2 aromatic rings. The number of aromatic nitrogens is 1. The minimum atomic E-state index is -0.627. The summed E-state index contributed by atoms with van der Waals surface area (Å²) >= 11 is 0. The van der Waals surface area contributed by atoms with E-state index in [-0.39, 0.29) is 11.6 Å². The Kier molecular flexibility index (Phi) is 4.79. The maximum atomic E-state index is 13.3. The molecule has 1 aromatic heterocycles. The molecule has 0 aliphatic heterocycles. The van der Waals surface area contributed by atoms with Gasteiger partial charge in [0.2, 0.25) is 0 Å². The van der Waals surface area contributed by atoms with Crippen molar-refractivity contribution in [1.82, 2.24) is 10.3 Å². The zero-order valence-electron chi connectivity index (χ0n) is 10.9. The number of nitrogens with zero attached hydrogens (tertiary/aromatic N) is 1. The van der Waals surface area contributed by atoms with Crippen LogP contribution in [0.5, 0.6) is 0 Å². The highest BCUT2D eigenvalue weighted by Gasteiger charge is 2.11. The molecule has 0 radical (unpaired) electrons. The van der Waals surface area contributed by atoms with Crippen molar-refractivity contribution in [3.05, 3.63) is 65.7 Å². The summed E-state index contributed by atoms with van der Waals surface area (Å²) in [5, 5.41) is 2.65. The van der Waals surface area contributed by atoms with E-state index in [1.165, 1.54) is 12.3 Å². The third-order valence-corrected chi connectivity index (χ3v) is 2.99. The number of carbonyl (C=O) groups excluding carboxylic acids is 1. The van der Waals surface area contributed by atoms with Gasteiger partial charge in [0.15, 0.2) is 5.82 Å². The summed E-state index contributed by atoms with van der Waals surface area (Å²) in [7, 11) is 0. The van der Waals surface area contributed by atoms with Crippen molar-refractivity contribution in [1.29, 1.82) is 0 Å². The second-order valence-electron chi connectivity index (χ2n) is 4.42. The van der Waals surface area contributed by atoms with Crippen molar-refractivity contribution in [2.45, 2.75) is 12.5 Å². The molecule has 0 spiro atoms. The number of nitrogens with two attached hydrogens (primary N) is 1. The molecule has 2 rings (SSSR count). The van der Waals surface area contributed by atoms with Crippen LogP contribution in [0.3, 0.4) is 0 Å². The van der Waals surface area contributed by atoms with Gasteiger partial charge in [-0.1, -0.05) is 30.3 Å². The normalized spacial score (nSPS) is 11.9. The summed E-state index contributed by atoms with van der Waals surface area (Å²) in [5.74, 6) is -1.08. The van der Waals surface area contributed by atoms with Crippen LogP contribution in [0.2, 0.25) is 0 Å². The van der Waals surface area contributed by atoms with E-state index in [0.29, 0.717) is 13.0 Å². The predicted molar refractivity (Wildman–Crippen MR) is 74.5 cm³/mol. The smallest absolute Gasteiger partial charge is 0.254 e. The monoisotopic (exact) mass is 273 g/mol. The van der Waals surface area contributed by atoms with E-state index >= 15 is 0 Å². The fraction of sp³-hybridized carbons (Fsp3) is 0.200. The molecule has 1 atom stereocenters. The fourth-order valence-corrected chi connectivity index (χ4v) is 1.86. The fourth-order valence-electron chi connectivity index (χ4n) is 1.86. The van der Waals surface area contributed by atoms with Crippen LogP contribution in [-0.4, -0.2) is 17.4 Å². The minimum absolute atomic E-state index is 0.00622. The number of carbonyl (C=O) groups is 1. The molecule has 0 aliphatic carbocycles. The van der Waals surface area contributed by atoms with Gasteiger partial charge in [0.25, 0.3) is 5.91 Å². The first kappa shape index (κ1) is 14.1. The van der Waals surface area contributed by atoms with Gasteiger partial charge in [0, 0.05) is 18.8 Å². The molecule has 0 fully saturated rings. The van der Waals surface area contributed by atoms with E-state index in [2.05, 4.69) is 10.3 Å². The molecule has 3 N–H and O–H groups in total. The van der Waals surface area contributed by atoms with Crippen LogP contribution in [0.25, 0.3) is 0 Å². The maximum Gasteiger partial charge on any atom is 0.254 e. The van der Waals surface area contributed by atoms with Crippen LogP contribution in [0.15, 0.2) is 48.8 Å². The van der Waals surface area contributed by atoms with Crippen LogP contribution >= 0.6 is 0 Å². The number of amides is 1. The van der Waals surface area contributed by atoms with Gasteiger partial charge in [-0.3, -0.25) is 9.78 Å². The molecule has 1 amide bonds. The Bertz CT molecular complexity index is 574. The lowest BCUT2D eigenvalue weighted by atomic mass is 10.1. The Morgan fingerprint density at radius 3 is 2.75 bits per heavy atom. The molecule has 1 unspecified atom stereocenters. The second kappa shape index (κ2) is 6.77. The molecule has 0 aliphatic rings. The van der Waals surface area contributed by atoms with Gasteiger partial charge in [-0.15, -0.1) is 0 Å². The number of hydrogen-bond donors (Lipinski definition) is 2. The van der Waals surface area contributed by atoms with Crippen molar-refractivity contribution in [3.63, 3.8) is 0 Å². The third-order valence-electron chi connectivity index (χ3n) is 2.99. The topological polar surface area (TPSA) is 68.0 Å². The second-order valence-corrected chi connectivity index (χ2v) is 4.42. The van der Waals surface area contributed by atoms with E-state index in [0.717, 1.165) is 11.8 Å². The summed E-state index contributed by atoms with van der Waals surface area (Å²) in [4.78, 5) is 15.4. The lowest BCUT2D eigenvalue weighted by molar-refractivity contribution is 0.0948. The lowest BCUT2D eigenvalue weighted by Gasteiger charge is -2.12. The highest BCUT2D eigenvalue weighted by molar-refractivity contribution is 5.94. The van der Waals surface area contributed by atoms with Crippen molar-refractivity contribution in [3.8, 4) is 0 Å². The number of halogens is 1. The van der Waals surface area contributed by atoms with E-state index in [9.17, 15) is 9.18 Å². The van der Waals surface area contributed by atoms with Gasteiger partial charge in [-0.2, -0.15) is 0 Å². The number of hydrogen-bond acceptors (Lipinski definition) is 3. The average Bonchev–Trinajstić information content (AvgIpc) is 2.48. The van der Waals surface area contributed by atoms with E-state index in [4.69, 9.17) is 5.73 Å². The number of rotatable bonds is 5. The van der Waals surface area contributed by atoms with Gasteiger partial charge in [-0.05, 0) is 18.1 Å². The molecule has 5 heteroatoms. The summed E-state index contributed by atoms with van der Waals surface area (Å²) in [6, 6.07) is 10.8. The maximum absolute atomic E-state index is 13.3. The van der Waals surface area contributed by atoms with Gasteiger partial charge < -0.3 is 11.1 Å². The van der Waals surface area contributed by atoms with Gasteiger partial charge >= 0.3 is 0 Å². The van der Waals surface area contributed by atoms with Crippen molar-refractivity contribution < 1.29 is 9.18 Å². The largest absolute Gasteiger partial charge is 0.352 e. The average molecular weight is 273 g/mol. The summed E-state index contributed by atoms with van der Waals surface area (Å²) in [5.41, 5.74) is 7.02. The molecule has 0 bridgehead atoms. The Morgan fingerprint density at radius 1 is 1.30 bits per heavy atom. The molecule has 1 heterocycles. The molecule has 1 aromatic carbocycles. The van der Waals surface area contributed by atoms with Crippen molar-refractivity contribution in [2.75, 3.05) is 6.54 Å². The highest BCUT2D eigenvalue weighted by Crippen LogP contribution is 2.12. The minimum Gasteiger partial charge on any atom is -0.352 e. The first-order valence-corrected chi connectivity index (χ1v) is 6.36. The predicted octanol–water partition coefficient (Wildman–Crippen LogP) is 2.04. The molecule has 20 heavy (non-hydrogen) atoms. The zero-order chi connectivity index (χ0) is 14.4. The van der Waals surface area contributed by atoms with Gasteiger partial charge in [0.1, 0.15) is 0 Å². The van der Waals surface area contributed by atoms with Gasteiger partial charge in [-0.25, -0.2) is 4.39 Å². The lowest BCUT2D eigenvalue weighted by Crippen LogP contribution is -2.28. The van der Waals surface area contributed by atoms with Gasteiger partial charge in [0.05, 0.1) is 11.8 Å². The molecular weight excluding hydrogens is 257 g/mol. The molecule has 0 saturated heterocycles. The SMILES string of the molecule is NC(CCNC(=O)c1ccncc1F)c1ccccc1. The van der Waals surface area contributed by atoms with E-state index in [1.807, 2.05) is 30.3 Å². The van der Waals surface area contributed by atoms with Crippen LogP contribution in [-0.2, 0) is 0 Å². The molecular formula is C15H16FN3O. The van der Waals surface area contributed by atoms with Crippen LogP contribution < -0.4 is 11.1 Å². The number of nitrogens with one attached hydrogen (secondary N) is 1. The standard InChI is InChI=1S/C15H16FN3O/c16-13-10-18-8-6-12(13)15(20)19-9-7-14(17)11-4-2-1-3-5-11/h1-6,8,10,14H,7,9,17H2,(H,19,20). The Balaban J connectivity index is 1.84. The first-order valence-electron chi connectivity index (χ1n) is 6.36. The Hall–Kier alpha value is -2.27. The molecule has 4 nitrogen and oxygen atoms in total. The van der Waals surface area contributed by atoms with Crippen LogP contribution in [0.1, 0.15) is 28.4 Å². The summed E-state index contributed by atoms with van der Waals surface area (Å²) in [6.45, 7) is 0.386. The highest BCUT2D eigenvalue weighted by atomic mass is 19.1. The zero-order valence-corrected chi connectivity index (χ0v) is 10.9. The summed E-state index contributed by atoms with van der Waals surface area (Å²) in [6.07, 6.45) is 2.99. The van der Waals surface area contributed by atoms with E-state index in [1.54, 1.807) is 0 Å². The van der Waals surface area contributed by atoms with Crippen molar-refractivity contribution in [2.24, 2.45) is 5.73 Å². The number of benzene rings is 1. The Morgan fingerprint density at radius 2 is 2.05 bits per heavy atom.